The van der Waals surface area contributed by atoms with E-state index in [4.69, 9.17) is 0 Å². The molecule has 30 heavy (non-hydrogen) atoms. The molecule has 1 N–H and O–H groups in total. The number of aromatic nitrogens is 4. The summed E-state index contributed by atoms with van der Waals surface area (Å²) in [5, 5.41) is 0. The van der Waals surface area contributed by atoms with Crippen LogP contribution in [0.5, 0.6) is 0 Å². The predicted octanol–water partition coefficient (Wildman–Crippen LogP) is 5.31. The minimum absolute atomic E-state index is 0.0427. The number of nitrogens with zero attached hydrogens (tertiary/aromatic N) is 3. The molecule has 0 radical (unpaired) electrons. The van der Waals surface area contributed by atoms with Crippen LogP contribution >= 0.6 is 0 Å². The SMILES string of the molecule is Cc1cccc(-c2nc(C(F)(F)F)[nH]c2-c2ccc3c(c2)n(C)c(=O)n3C(C)C)c1. The van der Waals surface area contributed by atoms with Crippen LogP contribution in [0.3, 0.4) is 0 Å². The molecule has 0 aliphatic carbocycles. The van der Waals surface area contributed by atoms with E-state index in [1.807, 2.05) is 26.8 Å². The third-order valence-electron chi connectivity index (χ3n) is 5.16. The van der Waals surface area contributed by atoms with Gasteiger partial charge in [0, 0.05) is 24.2 Å². The van der Waals surface area contributed by atoms with Gasteiger partial charge in [0.2, 0.25) is 5.82 Å². The highest BCUT2D eigenvalue weighted by Crippen LogP contribution is 2.36. The van der Waals surface area contributed by atoms with E-state index in [1.165, 1.54) is 4.57 Å². The molecule has 2 aromatic heterocycles. The summed E-state index contributed by atoms with van der Waals surface area (Å²) in [6.45, 7) is 5.70. The van der Waals surface area contributed by atoms with Gasteiger partial charge in [0.25, 0.3) is 0 Å². The Labute approximate surface area is 170 Å². The fourth-order valence-electron chi connectivity index (χ4n) is 3.74. The topological polar surface area (TPSA) is 55.6 Å². The Morgan fingerprint density at radius 3 is 2.40 bits per heavy atom. The highest BCUT2D eigenvalue weighted by Gasteiger charge is 2.36. The van der Waals surface area contributed by atoms with E-state index in [-0.39, 0.29) is 23.1 Å². The molecule has 5 nitrogen and oxygen atoms in total. The zero-order chi connectivity index (χ0) is 21.8. The van der Waals surface area contributed by atoms with Crippen LogP contribution in [-0.4, -0.2) is 19.1 Å². The molecule has 0 saturated carbocycles. The maximum absolute atomic E-state index is 13.4. The van der Waals surface area contributed by atoms with Gasteiger partial charge in [-0.15, -0.1) is 0 Å². The van der Waals surface area contributed by atoms with Crippen molar-refractivity contribution in [2.24, 2.45) is 7.05 Å². The van der Waals surface area contributed by atoms with Crippen molar-refractivity contribution in [3.8, 4) is 22.5 Å². The second kappa shape index (κ2) is 6.90. The lowest BCUT2D eigenvalue weighted by atomic mass is 10.0. The number of aryl methyl sites for hydroxylation is 2. The number of hydrogen-bond donors (Lipinski definition) is 1. The molecule has 2 heterocycles. The van der Waals surface area contributed by atoms with Gasteiger partial charge in [-0.2, -0.15) is 13.2 Å². The van der Waals surface area contributed by atoms with Gasteiger partial charge >= 0.3 is 11.9 Å². The maximum atomic E-state index is 13.4. The molecule has 4 rings (SSSR count). The van der Waals surface area contributed by atoms with Gasteiger partial charge in [-0.05, 0) is 39.0 Å². The van der Waals surface area contributed by atoms with Crippen molar-refractivity contribution in [2.45, 2.75) is 33.0 Å². The van der Waals surface area contributed by atoms with Crippen LogP contribution in [0, 0.1) is 6.92 Å². The van der Waals surface area contributed by atoms with E-state index in [1.54, 1.807) is 48.0 Å². The standard InChI is InChI=1S/C22H21F3N4O/c1-12(2)29-16-9-8-15(11-17(16)28(4)21(29)30)19-18(14-7-5-6-13(3)10-14)26-20(27-19)22(23,24)25/h5-12H,1-4H3,(H,26,27). The van der Waals surface area contributed by atoms with Gasteiger partial charge in [-0.25, -0.2) is 9.78 Å². The molecule has 156 valence electrons. The Kier molecular flexibility index (Phi) is 4.60. The zero-order valence-electron chi connectivity index (χ0n) is 17.0. The van der Waals surface area contributed by atoms with Crippen molar-refractivity contribution in [2.75, 3.05) is 0 Å². The van der Waals surface area contributed by atoms with E-state index in [0.717, 1.165) is 11.1 Å². The largest absolute Gasteiger partial charge is 0.449 e. The number of benzene rings is 2. The summed E-state index contributed by atoms with van der Waals surface area (Å²) in [5.41, 5.74) is 3.72. The Bertz CT molecular complexity index is 1310. The summed E-state index contributed by atoms with van der Waals surface area (Å²) in [6, 6.07) is 12.3. The Morgan fingerprint density at radius 2 is 1.77 bits per heavy atom. The Balaban J connectivity index is 1.98. The fraction of sp³-hybridized carbons (Fsp3) is 0.273. The van der Waals surface area contributed by atoms with Crippen LogP contribution < -0.4 is 5.69 Å². The second-order valence-electron chi connectivity index (χ2n) is 7.69. The number of nitrogens with one attached hydrogen (secondary N) is 1. The van der Waals surface area contributed by atoms with Gasteiger partial charge in [0.15, 0.2) is 0 Å². The number of aromatic amines is 1. The lowest BCUT2D eigenvalue weighted by Gasteiger charge is -2.08. The number of imidazole rings is 2. The average molecular weight is 414 g/mol. The lowest BCUT2D eigenvalue weighted by Crippen LogP contribution is -2.23. The minimum Gasteiger partial charge on any atom is -0.334 e. The Morgan fingerprint density at radius 1 is 1.03 bits per heavy atom. The summed E-state index contributed by atoms with van der Waals surface area (Å²) >= 11 is 0. The van der Waals surface area contributed by atoms with Gasteiger partial charge in [0.1, 0.15) is 0 Å². The van der Waals surface area contributed by atoms with Crippen molar-refractivity contribution >= 4 is 11.0 Å². The molecule has 0 spiro atoms. The highest BCUT2D eigenvalue weighted by atomic mass is 19.4. The van der Waals surface area contributed by atoms with Crippen molar-refractivity contribution in [1.29, 1.82) is 0 Å². The first-order valence-electron chi connectivity index (χ1n) is 9.53. The molecule has 0 aliphatic heterocycles. The van der Waals surface area contributed by atoms with E-state index < -0.39 is 12.0 Å². The first kappa shape index (κ1) is 20.0. The van der Waals surface area contributed by atoms with Gasteiger partial charge in [-0.1, -0.05) is 29.8 Å². The number of alkyl halides is 3. The third kappa shape index (κ3) is 3.22. The highest BCUT2D eigenvalue weighted by molar-refractivity contribution is 5.86. The quantitative estimate of drug-likeness (QED) is 0.494. The average Bonchev–Trinajstić information content (AvgIpc) is 3.22. The van der Waals surface area contributed by atoms with Crippen LogP contribution in [0.4, 0.5) is 13.2 Å². The van der Waals surface area contributed by atoms with E-state index in [0.29, 0.717) is 16.6 Å². The zero-order valence-corrected chi connectivity index (χ0v) is 17.0. The Hall–Kier alpha value is -3.29. The smallest absolute Gasteiger partial charge is 0.334 e. The number of hydrogen-bond acceptors (Lipinski definition) is 2. The molecule has 4 aromatic rings. The van der Waals surface area contributed by atoms with Gasteiger partial charge in [0.05, 0.1) is 22.4 Å². The summed E-state index contributed by atoms with van der Waals surface area (Å²) < 4.78 is 43.4. The van der Waals surface area contributed by atoms with Crippen LogP contribution in [0.25, 0.3) is 33.5 Å². The summed E-state index contributed by atoms with van der Waals surface area (Å²) in [6.07, 6.45) is -4.60. The van der Waals surface area contributed by atoms with Crippen molar-refractivity contribution in [3.63, 3.8) is 0 Å². The van der Waals surface area contributed by atoms with Gasteiger partial charge < -0.3 is 4.98 Å². The van der Waals surface area contributed by atoms with E-state index in [2.05, 4.69) is 9.97 Å². The first-order chi connectivity index (χ1) is 14.1. The molecule has 0 saturated heterocycles. The molecule has 0 unspecified atom stereocenters. The molecule has 0 atom stereocenters. The predicted molar refractivity (Wildman–Crippen MR) is 110 cm³/mol. The molecule has 0 amide bonds. The normalized spacial score (nSPS) is 12.3. The molecule has 2 aromatic carbocycles. The fourth-order valence-corrected chi connectivity index (χ4v) is 3.74. The molecule has 8 heteroatoms. The summed E-state index contributed by atoms with van der Waals surface area (Å²) in [4.78, 5) is 18.9. The lowest BCUT2D eigenvalue weighted by molar-refractivity contribution is -0.144. The number of H-pyrrole nitrogens is 1. The molecule has 0 aliphatic rings. The van der Waals surface area contributed by atoms with Gasteiger partial charge in [-0.3, -0.25) is 9.13 Å². The monoisotopic (exact) mass is 414 g/mol. The van der Waals surface area contributed by atoms with Crippen LogP contribution in [0.15, 0.2) is 47.3 Å². The van der Waals surface area contributed by atoms with Crippen LogP contribution in [-0.2, 0) is 13.2 Å². The number of rotatable bonds is 3. The van der Waals surface area contributed by atoms with Crippen molar-refractivity contribution in [1.82, 2.24) is 19.1 Å². The maximum Gasteiger partial charge on any atom is 0.449 e. The number of fused-ring (bicyclic) bond motifs is 1. The molecular formula is C22H21F3N4O. The first-order valence-corrected chi connectivity index (χ1v) is 9.53. The third-order valence-corrected chi connectivity index (χ3v) is 5.16. The molecular weight excluding hydrogens is 393 g/mol. The van der Waals surface area contributed by atoms with E-state index >= 15 is 0 Å². The number of halogens is 3. The second-order valence-corrected chi connectivity index (χ2v) is 7.69. The summed E-state index contributed by atoms with van der Waals surface area (Å²) in [5.74, 6) is -1.05. The van der Waals surface area contributed by atoms with E-state index in [9.17, 15) is 18.0 Å². The summed E-state index contributed by atoms with van der Waals surface area (Å²) in [7, 11) is 1.66. The van der Waals surface area contributed by atoms with Crippen LogP contribution in [0.2, 0.25) is 0 Å². The van der Waals surface area contributed by atoms with Crippen molar-refractivity contribution in [3.05, 3.63) is 64.3 Å². The van der Waals surface area contributed by atoms with Crippen LogP contribution in [0.1, 0.15) is 31.3 Å². The minimum atomic E-state index is -4.60. The van der Waals surface area contributed by atoms with Crippen molar-refractivity contribution < 1.29 is 13.2 Å². The molecule has 0 fully saturated rings. The molecule has 0 bridgehead atoms.